The fraction of sp³-hybridized carbons (Fsp3) is 0.917. The Kier molecular flexibility index (Phi) is 5.34. The van der Waals surface area contributed by atoms with E-state index in [0.29, 0.717) is 6.04 Å². The van der Waals surface area contributed by atoms with Gasteiger partial charge in [-0.2, -0.15) is 0 Å². The molecule has 2 N–H and O–H groups in total. The Balaban J connectivity index is 0.00000128. The topological polar surface area (TPSA) is 36.4 Å². The molecule has 0 aromatic rings. The van der Waals surface area contributed by atoms with Crippen molar-refractivity contribution >= 4 is 29.9 Å². The Labute approximate surface area is 116 Å². The zero-order chi connectivity index (χ0) is 10.8. The predicted molar refractivity (Wildman–Crippen MR) is 79.4 cm³/mol. The molecule has 0 bridgehead atoms. The SMILES string of the molecule is CCNC(=NCC1CC1C)NC1CC1C.I. The van der Waals surface area contributed by atoms with Crippen LogP contribution in [-0.2, 0) is 0 Å². The molecule has 4 heteroatoms. The van der Waals surface area contributed by atoms with Crippen LogP contribution in [0.3, 0.4) is 0 Å². The van der Waals surface area contributed by atoms with Crippen LogP contribution >= 0.6 is 24.0 Å². The van der Waals surface area contributed by atoms with Crippen molar-refractivity contribution in [2.45, 2.75) is 39.7 Å². The van der Waals surface area contributed by atoms with Gasteiger partial charge in [-0.05, 0) is 37.5 Å². The number of nitrogens with zero attached hydrogens (tertiary/aromatic N) is 1. The van der Waals surface area contributed by atoms with Crippen molar-refractivity contribution in [3.63, 3.8) is 0 Å². The van der Waals surface area contributed by atoms with Gasteiger partial charge in [0.15, 0.2) is 5.96 Å². The smallest absolute Gasteiger partial charge is 0.191 e. The molecule has 4 atom stereocenters. The predicted octanol–water partition coefficient (Wildman–Crippen LogP) is 2.22. The molecule has 0 heterocycles. The lowest BCUT2D eigenvalue weighted by Gasteiger charge is -2.10. The standard InChI is InChI=1S/C12H23N3.HI/c1-4-13-12(15-11-6-9(11)3)14-7-10-5-8(10)2;/h8-11H,4-7H2,1-3H3,(H2,13,14,15);1H. The minimum absolute atomic E-state index is 0. The molecule has 4 unspecified atom stereocenters. The van der Waals surface area contributed by atoms with Gasteiger partial charge in [0.05, 0.1) is 0 Å². The molecule has 0 amide bonds. The average Bonchev–Trinajstić information content (AvgIpc) is 3.05. The van der Waals surface area contributed by atoms with Crippen LogP contribution in [-0.4, -0.2) is 25.1 Å². The van der Waals surface area contributed by atoms with Gasteiger partial charge >= 0.3 is 0 Å². The molecule has 2 rings (SSSR count). The van der Waals surface area contributed by atoms with Crippen LogP contribution in [0.5, 0.6) is 0 Å². The van der Waals surface area contributed by atoms with Crippen molar-refractivity contribution in [2.24, 2.45) is 22.7 Å². The Morgan fingerprint density at radius 3 is 2.31 bits per heavy atom. The quantitative estimate of drug-likeness (QED) is 0.469. The maximum Gasteiger partial charge on any atom is 0.191 e. The molecule has 2 saturated carbocycles. The number of hydrogen-bond acceptors (Lipinski definition) is 1. The molecule has 0 spiro atoms. The van der Waals surface area contributed by atoms with Crippen LogP contribution in [0.1, 0.15) is 33.6 Å². The van der Waals surface area contributed by atoms with Crippen LogP contribution < -0.4 is 10.6 Å². The van der Waals surface area contributed by atoms with Gasteiger partial charge < -0.3 is 10.6 Å². The highest BCUT2D eigenvalue weighted by molar-refractivity contribution is 14.0. The molecule has 0 aromatic carbocycles. The lowest BCUT2D eigenvalue weighted by atomic mass is 10.3. The summed E-state index contributed by atoms with van der Waals surface area (Å²) >= 11 is 0. The monoisotopic (exact) mass is 337 g/mol. The molecule has 2 aliphatic carbocycles. The van der Waals surface area contributed by atoms with Crippen molar-refractivity contribution in [1.82, 2.24) is 10.6 Å². The van der Waals surface area contributed by atoms with Crippen LogP contribution in [0, 0.1) is 17.8 Å². The third-order valence-electron chi connectivity index (χ3n) is 3.54. The summed E-state index contributed by atoms with van der Waals surface area (Å²) < 4.78 is 0. The van der Waals surface area contributed by atoms with Gasteiger partial charge in [0, 0.05) is 19.1 Å². The minimum Gasteiger partial charge on any atom is -0.357 e. The van der Waals surface area contributed by atoms with E-state index < -0.39 is 0 Å². The van der Waals surface area contributed by atoms with Crippen LogP contribution in [0.2, 0.25) is 0 Å². The second-order valence-electron chi connectivity index (χ2n) is 5.16. The van der Waals surface area contributed by atoms with Gasteiger partial charge in [0.1, 0.15) is 0 Å². The highest BCUT2D eigenvalue weighted by atomic mass is 127. The van der Waals surface area contributed by atoms with E-state index >= 15 is 0 Å². The molecule has 0 aromatic heterocycles. The average molecular weight is 337 g/mol. The van der Waals surface area contributed by atoms with E-state index in [-0.39, 0.29) is 24.0 Å². The summed E-state index contributed by atoms with van der Waals surface area (Å²) in [4.78, 5) is 4.63. The highest BCUT2D eigenvalue weighted by Crippen LogP contribution is 2.37. The van der Waals surface area contributed by atoms with Gasteiger partial charge in [-0.1, -0.05) is 13.8 Å². The first-order valence-electron chi connectivity index (χ1n) is 6.25. The molecular weight excluding hydrogens is 313 g/mol. The van der Waals surface area contributed by atoms with E-state index in [9.17, 15) is 0 Å². The number of hydrogen-bond donors (Lipinski definition) is 2. The maximum absolute atomic E-state index is 4.63. The molecule has 2 fully saturated rings. The number of aliphatic imine (C=N–C) groups is 1. The van der Waals surface area contributed by atoms with Gasteiger partial charge in [0.2, 0.25) is 0 Å². The molecular formula is C12H24IN3. The Morgan fingerprint density at radius 1 is 1.25 bits per heavy atom. The summed E-state index contributed by atoms with van der Waals surface area (Å²) in [6.07, 6.45) is 2.66. The Bertz CT molecular complexity index is 255. The fourth-order valence-corrected chi connectivity index (χ4v) is 1.88. The zero-order valence-corrected chi connectivity index (χ0v) is 12.8. The first-order valence-corrected chi connectivity index (χ1v) is 6.25. The lowest BCUT2D eigenvalue weighted by Crippen LogP contribution is -2.39. The molecule has 3 nitrogen and oxygen atoms in total. The van der Waals surface area contributed by atoms with Crippen LogP contribution in [0.4, 0.5) is 0 Å². The summed E-state index contributed by atoms with van der Waals surface area (Å²) in [5.41, 5.74) is 0. The molecule has 0 aliphatic heterocycles. The number of guanidine groups is 1. The van der Waals surface area contributed by atoms with Gasteiger partial charge in [-0.15, -0.1) is 24.0 Å². The first kappa shape index (κ1) is 14.1. The van der Waals surface area contributed by atoms with Crippen molar-refractivity contribution < 1.29 is 0 Å². The van der Waals surface area contributed by atoms with E-state index in [1.807, 2.05) is 0 Å². The zero-order valence-electron chi connectivity index (χ0n) is 10.5. The van der Waals surface area contributed by atoms with Crippen molar-refractivity contribution in [3.8, 4) is 0 Å². The summed E-state index contributed by atoms with van der Waals surface area (Å²) in [7, 11) is 0. The largest absolute Gasteiger partial charge is 0.357 e. The second kappa shape index (κ2) is 6.07. The van der Waals surface area contributed by atoms with Gasteiger partial charge in [0.25, 0.3) is 0 Å². The van der Waals surface area contributed by atoms with E-state index in [0.717, 1.165) is 36.8 Å². The third kappa shape index (κ3) is 4.11. The Hall–Kier alpha value is 0. The second-order valence-corrected chi connectivity index (χ2v) is 5.16. The van der Waals surface area contributed by atoms with Gasteiger partial charge in [-0.25, -0.2) is 0 Å². The first-order chi connectivity index (χ1) is 7.20. The third-order valence-corrected chi connectivity index (χ3v) is 3.54. The summed E-state index contributed by atoms with van der Waals surface area (Å²) in [6, 6.07) is 0.666. The maximum atomic E-state index is 4.63. The molecule has 94 valence electrons. The van der Waals surface area contributed by atoms with E-state index in [1.165, 1.54) is 12.8 Å². The van der Waals surface area contributed by atoms with E-state index in [4.69, 9.17) is 0 Å². The van der Waals surface area contributed by atoms with Gasteiger partial charge in [-0.3, -0.25) is 4.99 Å². The van der Waals surface area contributed by atoms with Crippen molar-refractivity contribution in [2.75, 3.05) is 13.1 Å². The summed E-state index contributed by atoms with van der Waals surface area (Å²) in [5.74, 6) is 3.59. The molecule has 0 radical (unpaired) electrons. The van der Waals surface area contributed by atoms with Crippen molar-refractivity contribution in [1.29, 1.82) is 0 Å². The minimum atomic E-state index is 0. The molecule has 16 heavy (non-hydrogen) atoms. The van der Waals surface area contributed by atoms with Crippen LogP contribution in [0.25, 0.3) is 0 Å². The van der Waals surface area contributed by atoms with Crippen LogP contribution in [0.15, 0.2) is 4.99 Å². The Morgan fingerprint density at radius 2 is 1.88 bits per heavy atom. The lowest BCUT2D eigenvalue weighted by molar-refractivity contribution is 0.729. The molecule has 0 saturated heterocycles. The number of rotatable bonds is 4. The number of halogens is 1. The van der Waals surface area contributed by atoms with E-state index in [2.05, 4.69) is 36.4 Å². The van der Waals surface area contributed by atoms with Crippen molar-refractivity contribution in [3.05, 3.63) is 0 Å². The summed E-state index contributed by atoms with van der Waals surface area (Å²) in [6.45, 7) is 8.66. The number of nitrogens with one attached hydrogen (secondary N) is 2. The highest BCUT2D eigenvalue weighted by Gasteiger charge is 2.34. The summed E-state index contributed by atoms with van der Waals surface area (Å²) in [5, 5.41) is 6.79. The normalized spacial score (nSPS) is 36.3. The fourth-order valence-electron chi connectivity index (χ4n) is 1.88. The van der Waals surface area contributed by atoms with E-state index in [1.54, 1.807) is 0 Å². The molecule has 2 aliphatic rings.